The van der Waals surface area contributed by atoms with Gasteiger partial charge in [0, 0.05) is 24.2 Å². The van der Waals surface area contributed by atoms with Crippen molar-refractivity contribution >= 4 is 5.69 Å². The molecular weight excluding hydrogens is 286 g/mol. The normalized spacial score (nSPS) is 9.70. The fourth-order valence-electron chi connectivity index (χ4n) is 2.28. The minimum absolute atomic E-state index is 0.0196. The number of anilines is 1. The van der Waals surface area contributed by atoms with Gasteiger partial charge in [0.2, 0.25) is 5.43 Å². The van der Waals surface area contributed by atoms with Gasteiger partial charge in [-0.25, -0.2) is 0 Å². The molecule has 0 aliphatic heterocycles. The highest BCUT2D eigenvalue weighted by Crippen LogP contribution is 2.11. The predicted octanol–water partition coefficient (Wildman–Crippen LogP) is 3.30. The molecule has 118 valence electrons. The maximum absolute atomic E-state index is 12.2. The molecule has 0 bridgehead atoms. The Balaban J connectivity index is 2.29. The number of benzene rings is 1. The monoisotopic (exact) mass is 307 g/mol. The summed E-state index contributed by atoms with van der Waals surface area (Å²) in [6.45, 7) is 5.70. The minimum Gasteiger partial charge on any atom is -0.497 e. The van der Waals surface area contributed by atoms with Crippen LogP contribution in [0.5, 0.6) is 5.75 Å². The molecule has 0 atom stereocenters. The summed E-state index contributed by atoms with van der Waals surface area (Å²) in [5.74, 6) is 7.01. The van der Waals surface area contributed by atoms with Crippen LogP contribution in [0.3, 0.4) is 0 Å². The van der Waals surface area contributed by atoms with Crippen LogP contribution in [-0.4, -0.2) is 20.2 Å². The average molecular weight is 307 g/mol. The van der Waals surface area contributed by atoms with Crippen LogP contribution in [0.15, 0.2) is 53.3 Å². The molecule has 0 aliphatic carbocycles. The van der Waals surface area contributed by atoms with Crippen molar-refractivity contribution in [1.29, 1.82) is 0 Å². The van der Waals surface area contributed by atoms with Crippen LogP contribution < -0.4 is 15.1 Å². The molecule has 0 spiro atoms. The van der Waals surface area contributed by atoms with E-state index in [2.05, 4.69) is 11.8 Å². The summed E-state index contributed by atoms with van der Waals surface area (Å²) in [4.78, 5) is 14.2. The average Bonchev–Trinajstić information content (AvgIpc) is 2.77. The van der Waals surface area contributed by atoms with Crippen molar-refractivity contribution in [1.82, 2.24) is 0 Å². The lowest BCUT2D eigenvalue weighted by molar-refractivity contribution is 0.415. The Morgan fingerprint density at radius 1 is 0.870 bits per heavy atom. The van der Waals surface area contributed by atoms with Crippen molar-refractivity contribution in [3.8, 4) is 17.6 Å². The van der Waals surface area contributed by atoms with Gasteiger partial charge in [0.15, 0.2) is 0 Å². The molecule has 0 aliphatic rings. The molecule has 0 heterocycles. The first kappa shape index (κ1) is 16.6. The van der Waals surface area contributed by atoms with Gasteiger partial charge in [-0.2, -0.15) is 0 Å². The molecule has 0 radical (unpaired) electrons. The Kier molecular flexibility index (Phi) is 5.82. The summed E-state index contributed by atoms with van der Waals surface area (Å²) in [7, 11) is 1.64. The summed E-state index contributed by atoms with van der Waals surface area (Å²) in [5.41, 5.74) is 2.46. The van der Waals surface area contributed by atoms with E-state index in [9.17, 15) is 4.79 Å². The third-order valence-corrected chi connectivity index (χ3v) is 3.63. The Labute approximate surface area is 137 Å². The molecule has 0 aromatic heterocycles. The van der Waals surface area contributed by atoms with Gasteiger partial charge in [0.1, 0.15) is 5.75 Å². The summed E-state index contributed by atoms with van der Waals surface area (Å²) in [6, 6.07) is 14.7. The zero-order chi connectivity index (χ0) is 16.7. The van der Waals surface area contributed by atoms with Crippen molar-refractivity contribution in [2.45, 2.75) is 13.8 Å². The number of rotatable bonds is 4. The Bertz CT molecular complexity index is 766. The second kappa shape index (κ2) is 8.05. The van der Waals surface area contributed by atoms with Gasteiger partial charge in [0.25, 0.3) is 0 Å². The van der Waals surface area contributed by atoms with Gasteiger partial charge >= 0.3 is 0 Å². The van der Waals surface area contributed by atoms with Gasteiger partial charge in [-0.1, -0.05) is 11.8 Å². The van der Waals surface area contributed by atoms with Gasteiger partial charge in [-0.3, -0.25) is 4.79 Å². The second-order valence-corrected chi connectivity index (χ2v) is 5.02. The predicted molar refractivity (Wildman–Crippen MR) is 95.2 cm³/mol. The Hall–Kier alpha value is -2.73. The van der Waals surface area contributed by atoms with Crippen molar-refractivity contribution in [3.05, 3.63) is 69.9 Å². The largest absolute Gasteiger partial charge is 0.497 e. The SMILES string of the molecule is CCN(CC)c1ccc(C#Cc2ccc(OC)cc2)ccc1=O. The van der Waals surface area contributed by atoms with Crippen LogP contribution in [0.25, 0.3) is 0 Å². The van der Waals surface area contributed by atoms with E-state index in [1.165, 1.54) is 0 Å². The third-order valence-electron chi connectivity index (χ3n) is 3.63. The number of hydrogen-bond donors (Lipinski definition) is 0. The number of hydrogen-bond acceptors (Lipinski definition) is 3. The lowest BCUT2D eigenvalue weighted by Gasteiger charge is -2.18. The molecule has 3 nitrogen and oxygen atoms in total. The smallest absolute Gasteiger partial charge is 0.201 e. The summed E-state index contributed by atoms with van der Waals surface area (Å²) in [6.07, 6.45) is 0. The van der Waals surface area contributed by atoms with Crippen LogP contribution in [0.2, 0.25) is 0 Å². The molecule has 0 saturated carbocycles. The highest BCUT2D eigenvalue weighted by molar-refractivity contribution is 5.49. The van der Waals surface area contributed by atoms with Crippen LogP contribution >= 0.6 is 0 Å². The van der Waals surface area contributed by atoms with Crippen LogP contribution in [-0.2, 0) is 0 Å². The molecule has 2 aromatic rings. The van der Waals surface area contributed by atoms with Gasteiger partial charge < -0.3 is 9.64 Å². The zero-order valence-corrected chi connectivity index (χ0v) is 13.8. The fraction of sp³-hybridized carbons (Fsp3) is 0.250. The molecule has 2 rings (SSSR count). The molecule has 0 fully saturated rings. The first-order valence-corrected chi connectivity index (χ1v) is 7.73. The standard InChI is InChI=1S/C20H21NO2/c1-4-21(5-2)19-14-10-17(11-15-20(19)22)7-6-16-8-12-18(23-3)13-9-16/h8-15H,4-5H2,1-3H3. The van der Waals surface area contributed by atoms with Gasteiger partial charge in [-0.15, -0.1) is 0 Å². The van der Waals surface area contributed by atoms with Gasteiger partial charge in [0.05, 0.1) is 12.8 Å². The quantitative estimate of drug-likeness (QED) is 0.812. The van der Waals surface area contributed by atoms with Crippen molar-refractivity contribution < 1.29 is 4.74 Å². The third kappa shape index (κ3) is 4.37. The van der Waals surface area contributed by atoms with E-state index in [4.69, 9.17) is 4.74 Å². The topological polar surface area (TPSA) is 29.5 Å². The highest BCUT2D eigenvalue weighted by atomic mass is 16.5. The Morgan fingerprint density at radius 2 is 1.39 bits per heavy atom. The highest BCUT2D eigenvalue weighted by Gasteiger charge is 2.04. The molecule has 0 N–H and O–H groups in total. The summed E-state index contributed by atoms with van der Waals surface area (Å²) in [5, 5.41) is 0. The van der Waals surface area contributed by atoms with E-state index in [1.807, 2.05) is 55.1 Å². The van der Waals surface area contributed by atoms with Crippen LogP contribution in [0.1, 0.15) is 25.0 Å². The lowest BCUT2D eigenvalue weighted by atomic mass is 10.2. The van der Waals surface area contributed by atoms with E-state index in [1.54, 1.807) is 19.2 Å². The van der Waals surface area contributed by atoms with Crippen LogP contribution in [0, 0.1) is 11.8 Å². The zero-order valence-electron chi connectivity index (χ0n) is 13.8. The molecule has 23 heavy (non-hydrogen) atoms. The van der Waals surface area contributed by atoms with E-state index in [0.717, 1.165) is 30.0 Å². The maximum Gasteiger partial charge on any atom is 0.201 e. The Morgan fingerprint density at radius 3 is 1.91 bits per heavy atom. The van der Waals surface area contributed by atoms with E-state index in [0.29, 0.717) is 5.69 Å². The molecular formula is C20H21NO2. The molecule has 0 amide bonds. The summed E-state index contributed by atoms with van der Waals surface area (Å²) < 4.78 is 5.13. The van der Waals surface area contributed by atoms with Crippen molar-refractivity contribution in [2.24, 2.45) is 0 Å². The fourth-order valence-corrected chi connectivity index (χ4v) is 2.28. The molecule has 0 unspecified atom stereocenters. The number of ether oxygens (including phenoxy) is 1. The second-order valence-electron chi connectivity index (χ2n) is 5.02. The summed E-state index contributed by atoms with van der Waals surface area (Å²) >= 11 is 0. The number of nitrogens with zero attached hydrogens (tertiary/aromatic N) is 1. The molecule has 2 aromatic carbocycles. The molecule has 0 saturated heterocycles. The van der Waals surface area contributed by atoms with Crippen LogP contribution in [0.4, 0.5) is 5.69 Å². The number of methoxy groups -OCH3 is 1. The van der Waals surface area contributed by atoms with Gasteiger partial charge in [-0.05, 0) is 62.4 Å². The van der Waals surface area contributed by atoms with Crippen molar-refractivity contribution in [2.75, 3.05) is 25.1 Å². The van der Waals surface area contributed by atoms with E-state index >= 15 is 0 Å². The van der Waals surface area contributed by atoms with E-state index < -0.39 is 0 Å². The maximum atomic E-state index is 12.2. The minimum atomic E-state index is 0.0196. The van der Waals surface area contributed by atoms with Crippen molar-refractivity contribution in [3.63, 3.8) is 0 Å². The first-order valence-electron chi connectivity index (χ1n) is 7.73. The first-order chi connectivity index (χ1) is 11.2. The molecule has 3 heteroatoms. The lowest BCUT2D eigenvalue weighted by Crippen LogP contribution is -2.26. The van der Waals surface area contributed by atoms with E-state index in [-0.39, 0.29) is 5.43 Å².